The van der Waals surface area contributed by atoms with Gasteiger partial charge >= 0.3 is 5.97 Å². The van der Waals surface area contributed by atoms with E-state index in [-0.39, 0.29) is 24.7 Å². The Labute approximate surface area is 129 Å². The van der Waals surface area contributed by atoms with Gasteiger partial charge in [0.05, 0.1) is 10.7 Å². The molecule has 0 radical (unpaired) electrons. The van der Waals surface area contributed by atoms with Crippen molar-refractivity contribution in [2.45, 2.75) is 19.4 Å². The summed E-state index contributed by atoms with van der Waals surface area (Å²) in [5.41, 5.74) is 0.558. The number of hydrogen-bond donors (Lipinski definition) is 2. The minimum absolute atomic E-state index is 0. The molecule has 7 heteroatoms. The molecule has 0 fully saturated rings. The van der Waals surface area contributed by atoms with E-state index in [1.54, 1.807) is 43.1 Å². The average molecular weight is 321 g/mol. The highest BCUT2D eigenvalue weighted by molar-refractivity contribution is 6.33. The summed E-state index contributed by atoms with van der Waals surface area (Å²) in [4.78, 5) is 24.1. The van der Waals surface area contributed by atoms with Crippen molar-refractivity contribution in [3.8, 4) is 0 Å². The van der Waals surface area contributed by atoms with Gasteiger partial charge in [0.2, 0.25) is 5.91 Å². The maximum absolute atomic E-state index is 11.7. The van der Waals surface area contributed by atoms with Crippen LogP contribution in [0.5, 0.6) is 0 Å². The van der Waals surface area contributed by atoms with Crippen LogP contribution in [0.4, 0.5) is 5.69 Å². The first-order valence-electron chi connectivity index (χ1n) is 5.89. The standard InChI is InChI=1S/C13H17ClN2O3.ClH/c1-9(13(18)19)16(2)8-7-12(17)15-11-6-4-3-5-10(11)14;/h3-6,9H,7-8H2,1-2H3,(H,15,17)(H,18,19);1H. The maximum atomic E-state index is 11.7. The molecule has 0 aliphatic carbocycles. The van der Waals surface area contributed by atoms with Gasteiger partial charge < -0.3 is 10.4 Å². The van der Waals surface area contributed by atoms with Crippen LogP contribution >= 0.6 is 24.0 Å². The number of likely N-dealkylation sites (N-methyl/N-ethyl adjacent to an activating group) is 1. The molecule has 1 aromatic carbocycles. The van der Waals surface area contributed by atoms with Gasteiger partial charge in [-0.1, -0.05) is 23.7 Å². The summed E-state index contributed by atoms with van der Waals surface area (Å²) in [6.07, 6.45) is 0.208. The predicted molar refractivity (Wildman–Crippen MR) is 81.7 cm³/mol. The zero-order valence-electron chi connectivity index (χ0n) is 11.3. The van der Waals surface area contributed by atoms with E-state index in [2.05, 4.69) is 5.32 Å². The summed E-state index contributed by atoms with van der Waals surface area (Å²) in [5, 5.41) is 12.0. The van der Waals surface area contributed by atoms with E-state index >= 15 is 0 Å². The molecule has 1 aromatic rings. The highest BCUT2D eigenvalue weighted by Crippen LogP contribution is 2.20. The fraction of sp³-hybridized carbons (Fsp3) is 0.385. The molecule has 1 rings (SSSR count). The molecule has 1 atom stereocenters. The Morgan fingerprint density at radius 3 is 2.55 bits per heavy atom. The Bertz CT molecular complexity index is 469. The number of carbonyl (C=O) groups is 2. The van der Waals surface area contributed by atoms with Crippen molar-refractivity contribution in [2.75, 3.05) is 18.9 Å². The van der Waals surface area contributed by atoms with Crippen LogP contribution in [-0.4, -0.2) is 41.5 Å². The van der Waals surface area contributed by atoms with Crippen LogP contribution in [0.25, 0.3) is 0 Å². The van der Waals surface area contributed by atoms with Crippen LogP contribution in [0.15, 0.2) is 24.3 Å². The fourth-order valence-electron chi connectivity index (χ4n) is 1.44. The Kier molecular flexibility index (Phi) is 8.22. The van der Waals surface area contributed by atoms with Gasteiger partial charge in [0.1, 0.15) is 6.04 Å². The van der Waals surface area contributed by atoms with Crippen molar-refractivity contribution in [1.29, 1.82) is 0 Å². The highest BCUT2D eigenvalue weighted by Gasteiger charge is 2.17. The highest BCUT2D eigenvalue weighted by atomic mass is 35.5. The Hall–Kier alpha value is -1.30. The number of aliphatic carboxylic acids is 1. The van der Waals surface area contributed by atoms with Crippen LogP contribution in [-0.2, 0) is 9.59 Å². The maximum Gasteiger partial charge on any atom is 0.320 e. The van der Waals surface area contributed by atoms with E-state index in [1.807, 2.05) is 0 Å². The number of carboxylic acids is 1. The number of para-hydroxylation sites is 1. The van der Waals surface area contributed by atoms with Gasteiger partial charge in [-0.05, 0) is 26.1 Å². The van der Waals surface area contributed by atoms with Crippen LogP contribution in [0.1, 0.15) is 13.3 Å². The number of nitrogens with zero attached hydrogens (tertiary/aromatic N) is 1. The van der Waals surface area contributed by atoms with Crippen LogP contribution in [0, 0.1) is 0 Å². The molecule has 0 saturated heterocycles. The van der Waals surface area contributed by atoms with Gasteiger partial charge in [-0.2, -0.15) is 0 Å². The minimum atomic E-state index is -0.908. The van der Waals surface area contributed by atoms with Gasteiger partial charge in [0.25, 0.3) is 0 Å². The predicted octanol–water partition coefficient (Wildman–Crippen LogP) is 2.50. The van der Waals surface area contributed by atoms with E-state index < -0.39 is 12.0 Å². The smallest absolute Gasteiger partial charge is 0.320 e. The van der Waals surface area contributed by atoms with Crippen molar-refractivity contribution in [3.05, 3.63) is 29.3 Å². The first-order valence-corrected chi connectivity index (χ1v) is 6.27. The lowest BCUT2D eigenvalue weighted by Gasteiger charge is -2.20. The summed E-state index contributed by atoms with van der Waals surface area (Å²) >= 11 is 5.92. The number of nitrogens with one attached hydrogen (secondary N) is 1. The van der Waals surface area contributed by atoms with E-state index in [1.165, 1.54) is 0 Å². The molecule has 20 heavy (non-hydrogen) atoms. The molecule has 0 aromatic heterocycles. The van der Waals surface area contributed by atoms with E-state index in [0.29, 0.717) is 17.3 Å². The third-order valence-corrected chi connectivity index (χ3v) is 3.19. The molecule has 1 unspecified atom stereocenters. The van der Waals surface area contributed by atoms with E-state index in [0.717, 1.165) is 0 Å². The summed E-state index contributed by atoms with van der Waals surface area (Å²) in [5.74, 6) is -1.11. The van der Waals surface area contributed by atoms with Gasteiger partial charge in [-0.3, -0.25) is 14.5 Å². The summed E-state index contributed by atoms with van der Waals surface area (Å²) in [7, 11) is 1.67. The van der Waals surface area contributed by atoms with E-state index in [9.17, 15) is 9.59 Å². The molecule has 0 bridgehead atoms. The second-order valence-corrected chi connectivity index (χ2v) is 4.68. The zero-order chi connectivity index (χ0) is 14.4. The number of anilines is 1. The van der Waals surface area contributed by atoms with Gasteiger partial charge in [0, 0.05) is 13.0 Å². The number of carbonyl (C=O) groups excluding carboxylic acids is 1. The van der Waals surface area contributed by atoms with Crippen molar-refractivity contribution in [2.24, 2.45) is 0 Å². The number of rotatable bonds is 6. The topological polar surface area (TPSA) is 69.6 Å². The zero-order valence-corrected chi connectivity index (χ0v) is 12.9. The summed E-state index contributed by atoms with van der Waals surface area (Å²) < 4.78 is 0. The van der Waals surface area contributed by atoms with Crippen molar-refractivity contribution in [3.63, 3.8) is 0 Å². The SMILES string of the molecule is CC(C(=O)O)N(C)CCC(=O)Nc1ccccc1Cl.Cl. The molecule has 0 saturated carbocycles. The molecular formula is C13H18Cl2N2O3. The molecule has 1 amide bonds. The Morgan fingerprint density at radius 2 is 2.00 bits per heavy atom. The normalized spacial score (nSPS) is 11.6. The van der Waals surface area contributed by atoms with Gasteiger partial charge in [0.15, 0.2) is 0 Å². The molecule has 0 aliphatic heterocycles. The molecular weight excluding hydrogens is 303 g/mol. The third-order valence-electron chi connectivity index (χ3n) is 2.86. The number of halogens is 2. The lowest BCUT2D eigenvalue weighted by Crippen LogP contribution is -2.37. The number of benzene rings is 1. The number of amides is 1. The second-order valence-electron chi connectivity index (χ2n) is 4.27. The first-order chi connectivity index (χ1) is 8.91. The van der Waals surface area contributed by atoms with E-state index in [4.69, 9.17) is 16.7 Å². The monoisotopic (exact) mass is 320 g/mol. The molecule has 5 nitrogen and oxygen atoms in total. The van der Waals surface area contributed by atoms with Crippen molar-refractivity contribution in [1.82, 2.24) is 4.90 Å². The molecule has 2 N–H and O–H groups in total. The molecule has 0 aliphatic rings. The molecule has 0 heterocycles. The quantitative estimate of drug-likeness (QED) is 0.845. The third kappa shape index (κ3) is 5.77. The largest absolute Gasteiger partial charge is 0.480 e. The second kappa shape index (κ2) is 8.79. The molecule has 0 spiro atoms. The summed E-state index contributed by atoms with van der Waals surface area (Å²) in [6, 6.07) is 6.34. The van der Waals surface area contributed by atoms with Gasteiger partial charge in [-0.15, -0.1) is 12.4 Å². The van der Waals surface area contributed by atoms with Gasteiger partial charge in [-0.25, -0.2) is 0 Å². The number of carboxylic acid groups (broad SMARTS) is 1. The van der Waals surface area contributed by atoms with Crippen LogP contribution < -0.4 is 5.32 Å². The van der Waals surface area contributed by atoms with Crippen LogP contribution in [0.3, 0.4) is 0 Å². The lowest BCUT2D eigenvalue weighted by atomic mass is 10.2. The van der Waals surface area contributed by atoms with Crippen molar-refractivity contribution >= 4 is 41.6 Å². The minimum Gasteiger partial charge on any atom is -0.480 e. The average Bonchev–Trinajstić information content (AvgIpc) is 2.37. The van der Waals surface area contributed by atoms with Crippen LogP contribution in [0.2, 0.25) is 5.02 Å². The van der Waals surface area contributed by atoms with Crippen molar-refractivity contribution < 1.29 is 14.7 Å². The fourth-order valence-corrected chi connectivity index (χ4v) is 1.62. The Balaban J connectivity index is 0.00000361. The molecule has 112 valence electrons. The lowest BCUT2D eigenvalue weighted by molar-refractivity contribution is -0.142. The Morgan fingerprint density at radius 1 is 1.40 bits per heavy atom. The first kappa shape index (κ1) is 18.7. The number of hydrogen-bond acceptors (Lipinski definition) is 3. The summed E-state index contributed by atoms with van der Waals surface area (Å²) in [6.45, 7) is 1.94.